The second-order valence-electron chi connectivity index (χ2n) is 10.5. The molecule has 0 spiro atoms. The minimum absolute atomic E-state index is 0.0121. The highest BCUT2D eigenvalue weighted by Crippen LogP contribution is 2.28. The Morgan fingerprint density at radius 3 is 2.36 bits per heavy atom. The Labute approximate surface area is 228 Å². The highest BCUT2D eigenvalue weighted by atomic mass is 35.5. The lowest BCUT2D eigenvalue weighted by Crippen LogP contribution is -2.43. The lowest BCUT2D eigenvalue weighted by molar-refractivity contribution is -0.155. The molecule has 3 aromatic rings. The van der Waals surface area contributed by atoms with Crippen molar-refractivity contribution in [1.82, 2.24) is 30.5 Å². The van der Waals surface area contributed by atoms with Crippen LogP contribution in [-0.2, 0) is 20.8 Å². The third kappa shape index (κ3) is 9.43. The number of halogens is 3. The van der Waals surface area contributed by atoms with Crippen molar-refractivity contribution in [3.05, 3.63) is 47.1 Å². The number of alkyl carbamates (subject to hydrolysis) is 1. The summed E-state index contributed by atoms with van der Waals surface area (Å²) in [5.41, 5.74) is -1.50. The maximum absolute atomic E-state index is 14.9. The van der Waals surface area contributed by atoms with Gasteiger partial charge in [0.25, 0.3) is 5.88 Å². The van der Waals surface area contributed by atoms with Crippen LogP contribution >= 0.6 is 11.6 Å². The summed E-state index contributed by atoms with van der Waals surface area (Å²) >= 11 is 5.68. The molecule has 14 heteroatoms. The molecule has 0 aliphatic rings. The number of benzene rings is 1. The molecule has 2 heterocycles. The molecule has 0 saturated heterocycles. The zero-order valence-electron chi connectivity index (χ0n) is 22.3. The molecule has 1 aromatic carbocycles. The van der Waals surface area contributed by atoms with Gasteiger partial charge in [-0.15, -0.1) is 10.2 Å². The SMILES string of the molecule is CC(C)(C)OC(=O)C[C@@H](Cn1nnc(-c2ccc(Oc3ncc(Cl)cc3F)cc2F)n1)NC(=O)OC(C)(C)C. The van der Waals surface area contributed by atoms with Crippen LogP contribution in [-0.4, -0.2) is 54.5 Å². The van der Waals surface area contributed by atoms with Crippen LogP contribution in [0.25, 0.3) is 11.4 Å². The summed E-state index contributed by atoms with van der Waals surface area (Å²) in [5.74, 6) is -2.59. The predicted molar refractivity (Wildman–Crippen MR) is 136 cm³/mol. The summed E-state index contributed by atoms with van der Waals surface area (Å²) in [6.07, 6.45) is 0.244. The number of hydrogen-bond donors (Lipinski definition) is 1. The first-order chi connectivity index (χ1) is 18.1. The molecule has 11 nitrogen and oxygen atoms in total. The van der Waals surface area contributed by atoms with E-state index in [9.17, 15) is 18.4 Å². The fraction of sp³-hybridized carbons (Fsp3) is 0.440. The van der Waals surface area contributed by atoms with Crippen LogP contribution in [0.5, 0.6) is 11.6 Å². The van der Waals surface area contributed by atoms with E-state index in [4.69, 9.17) is 25.8 Å². The molecule has 1 N–H and O–H groups in total. The van der Waals surface area contributed by atoms with Crippen molar-refractivity contribution in [3.8, 4) is 23.0 Å². The molecule has 210 valence electrons. The molecule has 3 rings (SSSR count). The van der Waals surface area contributed by atoms with Crippen LogP contribution in [0.4, 0.5) is 13.6 Å². The topological polar surface area (TPSA) is 130 Å². The predicted octanol–water partition coefficient (Wildman–Crippen LogP) is 5.08. The van der Waals surface area contributed by atoms with Crippen molar-refractivity contribution in [2.24, 2.45) is 0 Å². The van der Waals surface area contributed by atoms with E-state index in [-0.39, 0.29) is 41.0 Å². The molecule has 0 aliphatic heterocycles. The van der Waals surface area contributed by atoms with Crippen LogP contribution in [0.3, 0.4) is 0 Å². The van der Waals surface area contributed by atoms with Crippen LogP contribution in [0, 0.1) is 11.6 Å². The standard InChI is InChI=1S/C25H29ClF2N6O5/c1-24(2,3)38-20(35)10-15(30-23(36)39-25(4,5)6)13-34-32-21(31-33-34)17-8-7-16(11-18(17)27)37-22-19(28)9-14(26)12-29-22/h7-9,11-12,15H,10,13H2,1-6H3,(H,30,36)/t15-/m0/s1. The highest BCUT2D eigenvalue weighted by molar-refractivity contribution is 6.30. The summed E-state index contributed by atoms with van der Waals surface area (Å²) in [5, 5.41) is 14.6. The van der Waals surface area contributed by atoms with Gasteiger partial charge in [0, 0.05) is 12.3 Å². The number of tetrazole rings is 1. The van der Waals surface area contributed by atoms with Gasteiger partial charge in [0.2, 0.25) is 5.82 Å². The summed E-state index contributed by atoms with van der Waals surface area (Å²) in [7, 11) is 0. The Hall–Kier alpha value is -3.87. The largest absolute Gasteiger partial charge is 0.460 e. The average Bonchev–Trinajstić information content (AvgIpc) is 3.21. The number of nitrogens with zero attached hydrogens (tertiary/aromatic N) is 5. The van der Waals surface area contributed by atoms with Crippen molar-refractivity contribution in [1.29, 1.82) is 0 Å². The lowest BCUT2D eigenvalue weighted by Gasteiger charge is -2.24. The third-order valence-corrected chi connectivity index (χ3v) is 4.77. The maximum Gasteiger partial charge on any atom is 0.407 e. The summed E-state index contributed by atoms with van der Waals surface area (Å²) in [6.45, 7) is 10.2. The van der Waals surface area contributed by atoms with Gasteiger partial charge in [-0.2, -0.15) is 4.80 Å². The van der Waals surface area contributed by atoms with E-state index >= 15 is 0 Å². The van der Waals surface area contributed by atoms with E-state index in [2.05, 4.69) is 25.7 Å². The molecule has 0 bridgehead atoms. The zero-order valence-corrected chi connectivity index (χ0v) is 23.0. The molecule has 39 heavy (non-hydrogen) atoms. The van der Waals surface area contributed by atoms with Gasteiger partial charge in [0.15, 0.2) is 5.82 Å². The maximum atomic E-state index is 14.9. The van der Waals surface area contributed by atoms with E-state index in [0.29, 0.717) is 0 Å². The minimum atomic E-state index is -0.820. The van der Waals surface area contributed by atoms with Crippen molar-refractivity contribution < 1.29 is 32.6 Å². The number of carbonyl (C=O) groups excluding carboxylic acids is 2. The van der Waals surface area contributed by atoms with Crippen LogP contribution in [0.1, 0.15) is 48.0 Å². The van der Waals surface area contributed by atoms with Gasteiger partial charge < -0.3 is 19.5 Å². The van der Waals surface area contributed by atoms with Gasteiger partial charge >= 0.3 is 12.1 Å². The Morgan fingerprint density at radius 1 is 1.05 bits per heavy atom. The van der Waals surface area contributed by atoms with Gasteiger partial charge in [-0.3, -0.25) is 4.79 Å². The number of amides is 1. The number of aromatic nitrogens is 5. The van der Waals surface area contributed by atoms with Gasteiger partial charge in [0.1, 0.15) is 22.8 Å². The number of esters is 1. The van der Waals surface area contributed by atoms with Crippen molar-refractivity contribution in [2.45, 2.75) is 71.8 Å². The van der Waals surface area contributed by atoms with Gasteiger partial charge in [-0.1, -0.05) is 11.6 Å². The Bertz CT molecular complexity index is 1310. The minimum Gasteiger partial charge on any atom is -0.460 e. The van der Waals surface area contributed by atoms with E-state index in [1.165, 1.54) is 18.3 Å². The molecule has 1 atom stereocenters. The fourth-order valence-electron chi connectivity index (χ4n) is 3.17. The number of ether oxygens (including phenoxy) is 3. The van der Waals surface area contributed by atoms with Crippen molar-refractivity contribution in [2.75, 3.05) is 0 Å². The van der Waals surface area contributed by atoms with Gasteiger partial charge in [-0.25, -0.2) is 18.6 Å². The lowest BCUT2D eigenvalue weighted by atomic mass is 10.1. The molecule has 0 fully saturated rings. The molecule has 2 aromatic heterocycles. The number of pyridine rings is 1. The van der Waals surface area contributed by atoms with Crippen molar-refractivity contribution in [3.63, 3.8) is 0 Å². The average molecular weight is 567 g/mol. The quantitative estimate of drug-likeness (QED) is 0.371. The first kappa shape index (κ1) is 29.7. The number of carbonyl (C=O) groups is 2. The van der Waals surface area contributed by atoms with E-state index in [1.54, 1.807) is 41.5 Å². The van der Waals surface area contributed by atoms with Crippen LogP contribution < -0.4 is 10.1 Å². The molecular weight excluding hydrogens is 538 g/mol. The zero-order chi connectivity index (χ0) is 29.0. The second-order valence-corrected chi connectivity index (χ2v) is 10.9. The summed E-state index contributed by atoms with van der Waals surface area (Å²) in [4.78, 5) is 29.6. The van der Waals surface area contributed by atoms with Crippen LogP contribution in [0.15, 0.2) is 30.5 Å². The highest BCUT2D eigenvalue weighted by Gasteiger charge is 2.26. The normalized spacial score (nSPS) is 12.5. The van der Waals surface area contributed by atoms with E-state index in [0.717, 1.165) is 16.9 Å². The Kier molecular flexibility index (Phi) is 9.05. The first-order valence-electron chi connectivity index (χ1n) is 11.9. The number of nitrogens with one attached hydrogen (secondary N) is 1. The first-order valence-corrected chi connectivity index (χ1v) is 12.2. The molecule has 0 unspecified atom stereocenters. The molecule has 0 saturated carbocycles. The fourth-order valence-corrected chi connectivity index (χ4v) is 3.32. The molecule has 0 aliphatic carbocycles. The molecule has 1 amide bonds. The smallest absolute Gasteiger partial charge is 0.407 e. The Morgan fingerprint density at radius 2 is 1.74 bits per heavy atom. The molecule has 0 radical (unpaired) electrons. The van der Waals surface area contributed by atoms with E-state index in [1.807, 2.05) is 0 Å². The van der Waals surface area contributed by atoms with Gasteiger partial charge in [-0.05, 0) is 65.0 Å². The molecular formula is C25H29ClF2N6O5. The number of hydrogen-bond acceptors (Lipinski definition) is 9. The second kappa shape index (κ2) is 11.9. The third-order valence-electron chi connectivity index (χ3n) is 4.56. The summed E-state index contributed by atoms with van der Waals surface area (Å²) in [6, 6.07) is 3.92. The van der Waals surface area contributed by atoms with E-state index < -0.39 is 40.9 Å². The monoisotopic (exact) mass is 566 g/mol. The van der Waals surface area contributed by atoms with Crippen LogP contribution in [0.2, 0.25) is 5.02 Å². The summed E-state index contributed by atoms with van der Waals surface area (Å²) < 4.78 is 44.7. The van der Waals surface area contributed by atoms with Crippen molar-refractivity contribution >= 4 is 23.7 Å². The number of rotatable bonds is 8. The Balaban J connectivity index is 1.75. The van der Waals surface area contributed by atoms with Gasteiger partial charge in [0.05, 0.1) is 29.6 Å².